The van der Waals surface area contributed by atoms with E-state index < -0.39 is 5.91 Å². The molecule has 3 aromatic rings. The summed E-state index contributed by atoms with van der Waals surface area (Å²) in [6.45, 7) is 3.09. The Morgan fingerprint density at radius 2 is 1.82 bits per heavy atom. The van der Waals surface area contributed by atoms with Crippen LogP contribution in [0.5, 0.6) is 0 Å². The molecule has 2 heterocycles. The predicted octanol–water partition coefficient (Wildman–Crippen LogP) is 2.43. The topological polar surface area (TPSA) is 93.8 Å². The third-order valence-corrected chi connectivity index (χ3v) is 2.65. The molecule has 110 valence electrons. The quantitative estimate of drug-likeness (QED) is 0.723. The van der Waals surface area contributed by atoms with Crippen LogP contribution < -0.4 is 11.1 Å². The number of benzene rings is 1. The van der Waals surface area contributed by atoms with E-state index in [0.717, 1.165) is 23.0 Å². The molecule has 3 N–H and O–H groups in total. The fourth-order valence-electron chi connectivity index (χ4n) is 1.65. The Morgan fingerprint density at radius 3 is 2.50 bits per heavy atom. The lowest BCUT2D eigenvalue weighted by Gasteiger charge is -2.06. The maximum Gasteiger partial charge on any atom is 0.240 e. The Balaban J connectivity index is 0.000000309. The van der Waals surface area contributed by atoms with Gasteiger partial charge in [0.25, 0.3) is 0 Å². The van der Waals surface area contributed by atoms with Crippen molar-refractivity contribution in [2.45, 2.75) is 0 Å². The zero-order chi connectivity index (χ0) is 15.8. The summed E-state index contributed by atoms with van der Waals surface area (Å²) in [4.78, 5) is 22.0. The molecule has 1 amide bonds. The summed E-state index contributed by atoms with van der Waals surface area (Å²) < 4.78 is 0. The minimum absolute atomic E-state index is 0.481. The van der Waals surface area contributed by atoms with Crippen LogP contribution in [0.4, 0.5) is 11.5 Å². The summed E-state index contributed by atoms with van der Waals surface area (Å²) in [6, 6.07) is 13.7. The lowest BCUT2D eigenvalue weighted by atomic mass is 10.3. The van der Waals surface area contributed by atoms with Gasteiger partial charge in [-0.3, -0.25) is 4.79 Å². The van der Waals surface area contributed by atoms with Crippen LogP contribution in [0.2, 0.25) is 0 Å². The predicted molar refractivity (Wildman–Crippen MR) is 86.4 cm³/mol. The second-order valence-electron chi connectivity index (χ2n) is 4.19. The summed E-state index contributed by atoms with van der Waals surface area (Å²) in [6.07, 6.45) is 4.29. The Bertz CT molecular complexity index is 768. The van der Waals surface area contributed by atoms with Gasteiger partial charge in [0.2, 0.25) is 5.91 Å². The number of para-hydroxylation sites is 1. The highest BCUT2D eigenvalue weighted by atomic mass is 16.1. The molecule has 6 nitrogen and oxygen atoms in total. The van der Waals surface area contributed by atoms with Gasteiger partial charge in [0.05, 0.1) is 5.39 Å². The lowest BCUT2D eigenvalue weighted by molar-refractivity contribution is -0.113. The number of nitrogens with two attached hydrogens (primary N) is 1. The summed E-state index contributed by atoms with van der Waals surface area (Å²) >= 11 is 0. The van der Waals surface area contributed by atoms with Crippen LogP contribution in [0, 0.1) is 0 Å². The number of nitrogens with zero attached hydrogens (tertiary/aromatic N) is 3. The number of rotatable bonds is 3. The van der Waals surface area contributed by atoms with Gasteiger partial charge in [0, 0.05) is 11.9 Å². The Kier molecular flexibility index (Phi) is 5.15. The molecule has 0 spiro atoms. The first kappa shape index (κ1) is 15.1. The molecule has 0 aliphatic rings. The highest BCUT2D eigenvalue weighted by Crippen LogP contribution is 2.20. The number of pyridine rings is 1. The Labute approximate surface area is 127 Å². The van der Waals surface area contributed by atoms with Crippen LogP contribution in [0.3, 0.4) is 0 Å². The molecule has 0 radical (unpaired) electrons. The van der Waals surface area contributed by atoms with E-state index >= 15 is 0 Å². The lowest BCUT2D eigenvalue weighted by Crippen LogP contribution is -2.04. The first-order chi connectivity index (χ1) is 10.7. The first-order valence-corrected chi connectivity index (χ1v) is 6.50. The maximum absolute atomic E-state index is 9.47. The molecule has 0 atom stereocenters. The number of amides is 1. The van der Waals surface area contributed by atoms with Crippen LogP contribution in [0.1, 0.15) is 0 Å². The SMILES string of the molecule is C=CC(N)=O.c1ccc(Nc2ncnc3ncccc23)cc1. The van der Waals surface area contributed by atoms with Gasteiger partial charge in [-0.2, -0.15) is 0 Å². The number of hydrogen-bond donors (Lipinski definition) is 2. The number of hydrogen-bond acceptors (Lipinski definition) is 5. The maximum atomic E-state index is 9.47. The van der Waals surface area contributed by atoms with Gasteiger partial charge in [0.1, 0.15) is 12.1 Å². The molecule has 0 saturated carbocycles. The van der Waals surface area contributed by atoms with Gasteiger partial charge in [-0.05, 0) is 30.3 Å². The molecule has 0 fully saturated rings. The minimum Gasteiger partial charge on any atom is -0.366 e. The molecule has 6 heteroatoms. The second-order valence-corrected chi connectivity index (χ2v) is 4.19. The van der Waals surface area contributed by atoms with Crippen LogP contribution in [0.25, 0.3) is 11.0 Å². The molecule has 22 heavy (non-hydrogen) atoms. The van der Waals surface area contributed by atoms with Gasteiger partial charge < -0.3 is 11.1 Å². The van der Waals surface area contributed by atoms with Crippen molar-refractivity contribution in [3.63, 3.8) is 0 Å². The van der Waals surface area contributed by atoms with E-state index in [2.05, 4.69) is 32.6 Å². The van der Waals surface area contributed by atoms with Crippen molar-refractivity contribution >= 4 is 28.4 Å². The van der Waals surface area contributed by atoms with Crippen molar-refractivity contribution in [2.75, 3.05) is 5.32 Å². The van der Waals surface area contributed by atoms with Crippen molar-refractivity contribution in [2.24, 2.45) is 5.73 Å². The van der Waals surface area contributed by atoms with Crippen molar-refractivity contribution < 1.29 is 4.79 Å². The van der Waals surface area contributed by atoms with Gasteiger partial charge >= 0.3 is 0 Å². The molecule has 0 aliphatic heterocycles. The van der Waals surface area contributed by atoms with Crippen LogP contribution in [-0.2, 0) is 4.79 Å². The second kappa shape index (κ2) is 7.49. The molecule has 0 unspecified atom stereocenters. The fraction of sp³-hybridized carbons (Fsp3) is 0. The molecule has 2 aromatic heterocycles. The number of anilines is 2. The highest BCUT2D eigenvalue weighted by molar-refractivity contribution is 5.87. The zero-order valence-corrected chi connectivity index (χ0v) is 11.8. The summed E-state index contributed by atoms with van der Waals surface area (Å²) in [5.41, 5.74) is 6.23. The van der Waals surface area contributed by atoms with Gasteiger partial charge in [-0.15, -0.1) is 0 Å². The van der Waals surface area contributed by atoms with E-state index in [4.69, 9.17) is 0 Å². The zero-order valence-electron chi connectivity index (χ0n) is 11.8. The summed E-state index contributed by atoms with van der Waals surface area (Å²) in [5, 5.41) is 4.17. The molecular formula is C16H15N5O. The van der Waals surface area contributed by atoms with E-state index in [-0.39, 0.29) is 0 Å². The van der Waals surface area contributed by atoms with Crippen LogP contribution in [-0.4, -0.2) is 20.9 Å². The van der Waals surface area contributed by atoms with E-state index in [0.29, 0.717) is 5.65 Å². The number of carbonyl (C=O) groups excluding carboxylic acids is 1. The van der Waals surface area contributed by atoms with E-state index in [1.807, 2.05) is 42.5 Å². The van der Waals surface area contributed by atoms with Crippen molar-refractivity contribution in [3.05, 3.63) is 67.6 Å². The highest BCUT2D eigenvalue weighted by Gasteiger charge is 2.03. The fourth-order valence-corrected chi connectivity index (χ4v) is 1.65. The third-order valence-electron chi connectivity index (χ3n) is 2.65. The monoisotopic (exact) mass is 293 g/mol. The van der Waals surface area contributed by atoms with Crippen molar-refractivity contribution in [1.29, 1.82) is 0 Å². The van der Waals surface area contributed by atoms with Crippen molar-refractivity contribution in [1.82, 2.24) is 15.0 Å². The number of carbonyl (C=O) groups is 1. The molecule has 0 bridgehead atoms. The molecule has 0 aliphatic carbocycles. The summed E-state index contributed by atoms with van der Waals surface area (Å²) in [7, 11) is 0. The molecule has 3 rings (SSSR count). The average Bonchev–Trinajstić information content (AvgIpc) is 2.57. The summed E-state index contributed by atoms with van der Waals surface area (Å²) in [5.74, 6) is 0.291. The minimum atomic E-state index is -0.481. The van der Waals surface area contributed by atoms with Gasteiger partial charge in [-0.1, -0.05) is 24.8 Å². The van der Waals surface area contributed by atoms with Gasteiger partial charge in [-0.25, -0.2) is 15.0 Å². The Hall–Kier alpha value is -3.28. The van der Waals surface area contributed by atoms with Gasteiger partial charge in [0.15, 0.2) is 5.65 Å². The Morgan fingerprint density at radius 1 is 1.09 bits per heavy atom. The standard InChI is InChI=1S/C13H10N4.C3H5NO/c1-2-5-10(6-3-1)17-13-11-7-4-8-14-12(11)15-9-16-13;1-2-3(4)5/h1-9H,(H,14,15,16,17);2H,1H2,(H2,4,5). The molecular weight excluding hydrogens is 278 g/mol. The number of aromatic nitrogens is 3. The smallest absolute Gasteiger partial charge is 0.240 e. The normalized spacial score (nSPS) is 9.45. The largest absolute Gasteiger partial charge is 0.366 e. The van der Waals surface area contributed by atoms with Crippen molar-refractivity contribution in [3.8, 4) is 0 Å². The van der Waals surface area contributed by atoms with E-state index in [1.165, 1.54) is 6.33 Å². The van der Waals surface area contributed by atoms with E-state index in [1.54, 1.807) is 6.20 Å². The third kappa shape index (κ3) is 4.11. The average molecular weight is 293 g/mol. The van der Waals surface area contributed by atoms with E-state index in [9.17, 15) is 4.79 Å². The molecule has 0 saturated heterocycles. The number of fused-ring (bicyclic) bond motifs is 1. The van der Waals surface area contributed by atoms with Crippen LogP contribution >= 0.6 is 0 Å². The number of nitrogens with one attached hydrogen (secondary N) is 1. The number of primary amides is 1. The van der Waals surface area contributed by atoms with Crippen LogP contribution in [0.15, 0.2) is 67.6 Å². The molecule has 1 aromatic carbocycles. The first-order valence-electron chi connectivity index (χ1n) is 6.50.